The molecule has 88 valence electrons. The van der Waals surface area contributed by atoms with Gasteiger partial charge in [0.25, 0.3) is 0 Å². The van der Waals surface area contributed by atoms with Crippen LogP contribution in [-0.2, 0) is 11.2 Å². The standard InChI is InChI=1S/C12H14Cl2OS/c13-10-2-1-8(6-11(10)14)5-9-7-15-4-3-12(9)16/h1-2,6,9,12,16H,3-5,7H2/t9-,12+/m1/s1. The van der Waals surface area contributed by atoms with Gasteiger partial charge in [-0.05, 0) is 36.5 Å². The maximum Gasteiger partial charge on any atom is 0.0595 e. The molecule has 4 heteroatoms. The molecule has 0 N–H and O–H groups in total. The molecule has 1 heterocycles. The number of rotatable bonds is 2. The second-order valence-electron chi connectivity index (χ2n) is 4.14. The Kier molecular flexibility index (Phi) is 4.42. The minimum atomic E-state index is 0.420. The Hall–Kier alpha value is 0.110. The summed E-state index contributed by atoms with van der Waals surface area (Å²) in [6.45, 7) is 1.61. The maximum atomic E-state index is 5.99. The highest BCUT2D eigenvalue weighted by Gasteiger charge is 2.22. The predicted octanol–water partition coefficient (Wildman–Crippen LogP) is 3.87. The lowest BCUT2D eigenvalue weighted by Gasteiger charge is -2.28. The van der Waals surface area contributed by atoms with E-state index >= 15 is 0 Å². The summed E-state index contributed by atoms with van der Waals surface area (Å²) in [5.41, 5.74) is 1.20. The van der Waals surface area contributed by atoms with E-state index in [-0.39, 0.29) is 0 Å². The zero-order valence-corrected chi connectivity index (χ0v) is 11.2. The average molecular weight is 277 g/mol. The van der Waals surface area contributed by atoms with Crippen molar-refractivity contribution in [1.82, 2.24) is 0 Å². The predicted molar refractivity (Wildman–Crippen MR) is 71.9 cm³/mol. The number of thiol groups is 1. The van der Waals surface area contributed by atoms with Gasteiger partial charge in [0.1, 0.15) is 0 Å². The van der Waals surface area contributed by atoms with Gasteiger partial charge in [0.15, 0.2) is 0 Å². The maximum absolute atomic E-state index is 5.99. The minimum absolute atomic E-state index is 0.420. The summed E-state index contributed by atoms with van der Waals surface area (Å²) in [6, 6.07) is 5.79. The highest BCUT2D eigenvalue weighted by Crippen LogP contribution is 2.27. The van der Waals surface area contributed by atoms with Crippen LogP contribution >= 0.6 is 35.8 Å². The minimum Gasteiger partial charge on any atom is -0.381 e. The smallest absolute Gasteiger partial charge is 0.0595 e. The van der Waals surface area contributed by atoms with E-state index in [4.69, 9.17) is 27.9 Å². The third kappa shape index (κ3) is 3.07. The lowest BCUT2D eigenvalue weighted by Crippen LogP contribution is -2.29. The summed E-state index contributed by atoms with van der Waals surface area (Å²) in [6.07, 6.45) is 1.97. The highest BCUT2D eigenvalue weighted by molar-refractivity contribution is 7.81. The van der Waals surface area contributed by atoms with Crippen molar-refractivity contribution in [3.63, 3.8) is 0 Å². The van der Waals surface area contributed by atoms with Gasteiger partial charge in [0.05, 0.1) is 16.7 Å². The first kappa shape index (κ1) is 12.6. The molecule has 2 atom stereocenters. The number of ether oxygens (including phenoxy) is 1. The largest absolute Gasteiger partial charge is 0.381 e. The first-order chi connectivity index (χ1) is 7.66. The summed E-state index contributed by atoms with van der Waals surface area (Å²) in [5.74, 6) is 0.467. The van der Waals surface area contributed by atoms with Gasteiger partial charge in [-0.25, -0.2) is 0 Å². The molecule has 0 aliphatic carbocycles. The van der Waals surface area contributed by atoms with Gasteiger partial charge < -0.3 is 4.74 Å². The fourth-order valence-corrected chi connectivity index (χ4v) is 2.57. The van der Waals surface area contributed by atoms with Crippen LogP contribution in [-0.4, -0.2) is 18.5 Å². The molecule has 2 rings (SSSR count). The molecule has 1 saturated heterocycles. The molecule has 16 heavy (non-hydrogen) atoms. The highest BCUT2D eigenvalue weighted by atomic mass is 35.5. The zero-order valence-electron chi connectivity index (χ0n) is 8.83. The van der Waals surface area contributed by atoms with E-state index in [9.17, 15) is 0 Å². The molecule has 0 spiro atoms. The van der Waals surface area contributed by atoms with Crippen LogP contribution in [0.5, 0.6) is 0 Å². The van der Waals surface area contributed by atoms with Gasteiger partial charge in [-0.1, -0.05) is 29.3 Å². The van der Waals surface area contributed by atoms with Gasteiger partial charge in [0, 0.05) is 11.9 Å². The second-order valence-corrected chi connectivity index (χ2v) is 5.62. The van der Waals surface area contributed by atoms with Crippen molar-refractivity contribution >= 4 is 35.8 Å². The van der Waals surface area contributed by atoms with E-state index in [0.717, 1.165) is 26.1 Å². The summed E-state index contributed by atoms with van der Waals surface area (Å²) < 4.78 is 5.47. The molecule has 1 fully saturated rings. The molecular weight excluding hydrogens is 263 g/mol. The molecule has 1 aliphatic heterocycles. The second kappa shape index (κ2) is 5.63. The van der Waals surface area contributed by atoms with E-state index in [1.165, 1.54) is 5.56 Å². The quantitative estimate of drug-likeness (QED) is 0.807. The first-order valence-electron chi connectivity index (χ1n) is 5.36. The molecule has 1 nitrogen and oxygen atoms in total. The van der Waals surface area contributed by atoms with E-state index in [1.807, 2.05) is 18.2 Å². The SMILES string of the molecule is S[C@H]1CCOC[C@H]1Cc1ccc(Cl)c(Cl)c1. The van der Waals surface area contributed by atoms with E-state index in [2.05, 4.69) is 12.6 Å². The summed E-state index contributed by atoms with van der Waals surface area (Å²) in [7, 11) is 0. The van der Waals surface area contributed by atoms with Crippen molar-refractivity contribution < 1.29 is 4.74 Å². The fraction of sp³-hybridized carbons (Fsp3) is 0.500. The van der Waals surface area contributed by atoms with E-state index in [1.54, 1.807) is 0 Å². The fourth-order valence-electron chi connectivity index (χ4n) is 1.95. The Bertz CT molecular complexity index is 370. The number of benzene rings is 1. The van der Waals surface area contributed by atoms with E-state index < -0.39 is 0 Å². The number of halogens is 2. The van der Waals surface area contributed by atoms with Gasteiger partial charge in [-0.15, -0.1) is 0 Å². The Morgan fingerprint density at radius 3 is 2.81 bits per heavy atom. The van der Waals surface area contributed by atoms with Crippen LogP contribution in [0, 0.1) is 5.92 Å². The Morgan fingerprint density at radius 2 is 2.12 bits per heavy atom. The molecule has 0 amide bonds. The lowest BCUT2D eigenvalue weighted by molar-refractivity contribution is 0.0596. The first-order valence-corrected chi connectivity index (χ1v) is 6.64. The van der Waals surface area contributed by atoms with Crippen molar-refractivity contribution in [3.05, 3.63) is 33.8 Å². The molecule has 1 aromatic rings. The van der Waals surface area contributed by atoms with Crippen LogP contribution in [0.1, 0.15) is 12.0 Å². The van der Waals surface area contributed by atoms with Crippen molar-refractivity contribution in [2.75, 3.05) is 13.2 Å². The third-order valence-corrected chi connectivity index (χ3v) is 4.33. The van der Waals surface area contributed by atoms with Crippen LogP contribution in [0.2, 0.25) is 10.0 Å². The van der Waals surface area contributed by atoms with Crippen molar-refractivity contribution in [3.8, 4) is 0 Å². The Balaban J connectivity index is 2.05. The number of hydrogen-bond acceptors (Lipinski definition) is 2. The molecule has 1 aromatic carbocycles. The molecule has 0 unspecified atom stereocenters. The molecular formula is C12H14Cl2OS. The van der Waals surface area contributed by atoms with Gasteiger partial charge in [0.2, 0.25) is 0 Å². The topological polar surface area (TPSA) is 9.23 Å². The third-order valence-electron chi connectivity index (χ3n) is 2.92. The van der Waals surface area contributed by atoms with Gasteiger partial charge in [-0.3, -0.25) is 0 Å². The van der Waals surface area contributed by atoms with Gasteiger partial charge >= 0.3 is 0 Å². The van der Waals surface area contributed by atoms with Crippen LogP contribution < -0.4 is 0 Å². The molecule has 0 aromatic heterocycles. The van der Waals surface area contributed by atoms with Crippen molar-refractivity contribution in [1.29, 1.82) is 0 Å². The Labute approximate surface area is 111 Å². The van der Waals surface area contributed by atoms with Crippen molar-refractivity contribution in [2.45, 2.75) is 18.1 Å². The normalized spacial score (nSPS) is 25.7. The summed E-state index contributed by atoms with van der Waals surface area (Å²) in [5, 5.41) is 1.64. The zero-order chi connectivity index (χ0) is 11.5. The van der Waals surface area contributed by atoms with Crippen LogP contribution in [0.25, 0.3) is 0 Å². The monoisotopic (exact) mass is 276 g/mol. The Morgan fingerprint density at radius 1 is 1.31 bits per heavy atom. The summed E-state index contributed by atoms with van der Waals surface area (Å²) >= 11 is 16.5. The van der Waals surface area contributed by atoms with Crippen LogP contribution in [0.4, 0.5) is 0 Å². The average Bonchev–Trinajstić information content (AvgIpc) is 2.27. The molecule has 0 radical (unpaired) electrons. The molecule has 0 bridgehead atoms. The van der Waals surface area contributed by atoms with Crippen LogP contribution in [0.3, 0.4) is 0 Å². The van der Waals surface area contributed by atoms with Crippen LogP contribution in [0.15, 0.2) is 18.2 Å². The summed E-state index contributed by atoms with van der Waals surface area (Å²) in [4.78, 5) is 0. The molecule has 0 saturated carbocycles. The van der Waals surface area contributed by atoms with Crippen molar-refractivity contribution in [2.24, 2.45) is 5.92 Å². The number of hydrogen-bond donors (Lipinski definition) is 1. The molecule has 1 aliphatic rings. The lowest BCUT2D eigenvalue weighted by atomic mass is 9.94. The van der Waals surface area contributed by atoms with E-state index in [0.29, 0.717) is 21.2 Å². The van der Waals surface area contributed by atoms with Gasteiger partial charge in [-0.2, -0.15) is 12.6 Å².